The first-order valence-electron chi connectivity index (χ1n) is 13.9. The van der Waals surface area contributed by atoms with Gasteiger partial charge in [-0.1, -0.05) is 61.2 Å². The molecule has 1 unspecified atom stereocenters. The molecule has 0 saturated heterocycles. The van der Waals surface area contributed by atoms with Gasteiger partial charge in [-0.05, 0) is 71.2 Å². The number of hydrogen-bond acceptors (Lipinski definition) is 9. The summed E-state index contributed by atoms with van der Waals surface area (Å²) in [5, 5.41) is 12.8. The van der Waals surface area contributed by atoms with Gasteiger partial charge in [0.15, 0.2) is 6.10 Å². The van der Waals surface area contributed by atoms with Crippen molar-refractivity contribution in [2.24, 2.45) is 10.1 Å². The van der Waals surface area contributed by atoms with Crippen molar-refractivity contribution in [3.8, 4) is 11.5 Å². The Morgan fingerprint density at radius 1 is 0.864 bits per heavy atom. The zero-order chi connectivity index (χ0) is 30.7. The average Bonchev–Trinajstić information content (AvgIpc) is 3.07. The minimum atomic E-state index is -0.592. The molecule has 5 aromatic rings. The van der Waals surface area contributed by atoms with E-state index in [9.17, 15) is 0 Å². The number of oxime groups is 1. The number of para-hydroxylation sites is 3. The Bertz CT molecular complexity index is 1770. The number of hydrogen-bond donors (Lipinski definition) is 1. The van der Waals surface area contributed by atoms with E-state index in [0.29, 0.717) is 11.5 Å². The topological polar surface area (TPSA) is 108 Å². The molecule has 9 nitrogen and oxygen atoms in total. The molecule has 44 heavy (non-hydrogen) atoms. The molecule has 0 radical (unpaired) electrons. The lowest BCUT2D eigenvalue weighted by atomic mass is 10.0. The van der Waals surface area contributed by atoms with Crippen molar-refractivity contribution in [3.05, 3.63) is 138 Å². The summed E-state index contributed by atoms with van der Waals surface area (Å²) >= 11 is 0. The molecule has 0 saturated carbocycles. The summed E-state index contributed by atoms with van der Waals surface area (Å²) in [4.78, 5) is 23.5. The molecule has 1 aromatic heterocycles. The smallest absolute Gasteiger partial charge is 0.264 e. The van der Waals surface area contributed by atoms with Gasteiger partial charge in [-0.3, -0.25) is 9.98 Å². The average molecular weight is 589 g/mol. The van der Waals surface area contributed by atoms with Gasteiger partial charge in [-0.15, -0.1) is 0 Å². The van der Waals surface area contributed by atoms with Gasteiger partial charge in [-0.25, -0.2) is 10.2 Å². The summed E-state index contributed by atoms with van der Waals surface area (Å²) in [5.41, 5.74) is 6.73. The first kappa shape index (κ1) is 29.9. The van der Waals surface area contributed by atoms with Crippen LogP contribution in [-0.4, -0.2) is 33.9 Å². The molecule has 4 aromatic carbocycles. The SMILES string of the molecule is C=C(C=Nc1ccccc1C)COc1ccc(C(O/N=C(\C)OO)c2ccc(OCc3cnc4ccccc4n3)cc2)cc1. The first-order chi connectivity index (χ1) is 21.5. The molecular formula is C35H32N4O5. The standard InChI is InChI=1S/C35H32N4O5/c1-24(20-36-32-9-5-4-8-25(32)2)22-41-30-16-12-27(13-17-30)35(43-39-26(3)44-40)28-14-18-31(19-15-28)42-23-29-21-37-33-10-6-7-11-34(33)38-29/h4-21,35,40H,1,22-23H2,2-3H3/b36-20?,39-26+. The van der Waals surface area contributed by atoms with E-state index in [1.54, 1.807) is 12.4 Å². The quantitative estimate of drug-likeness (QED) is 0.0686. The van der Waals surface area contributed by atoms with Crippen LogP contribution in [0.4, 0.5) is 5.69 Å². The largest absolute Gasteiger partial charge is 0.489 e. The highest BCUT2D eigenvalue weighted by molar-refractivity contribution is 5.81. The second kappa shape index (κ2) is 14.6. The van der Waals surface area contributed by atoms with Gasteiger partial charge < -0.3 is 19.2 Å². The number of aliphatic imine (C=N–C) groups is 1. The van der Waals surface area contributed by atoms with E-state index >= 15 is 0 Å². The van der Waals surface area contributed by atoms with Gasteiger partial charge in [0.1, 0.15) is 24.7 Å². The number of aryl methyl sites for hydroxylation is 1. The number of benzene rings is 4. The number of fused-ring (bicyclic) bond motifs is 1. The number of rotatable bonds is 12. The molecule has 5 rings (SSSR count). The Balaban J connectivity index is 1.23. The molecule has 0 aliphatic carbocycles. The third-order valence-corrected chi connectivity index (χ3v) is 6.60. The fraction of sp³-hybridized carbons (Fsp3) is 0.143. The maximum absolute atomic E-state index is 8.92. The van der Waals surface area contributed by atoms with E-state index in [-0.39, 0.29) is 19.1 Å². The number of ether oxygens (including phenoxy) is 2. The third kappa shape index (κ3) is 8.05. The summed E-state index contributed by atoms with van der Waals surface area (Å²) < 4.78 is 11.9. The Labute approximate surface area is 255 Å². The van der Waals surface area contributed by atoms with E-state index in [2.05, 4.69) is 31.6 Å². The van der Waals surface area contributed by atoms with Crippen LogP contribution in [0.2, 0.25) is 0 Å². The van der Waals surface area contributed by atoms with Crippen LogP contribution in [0.25, 0.3) is 11.0 Å². The lowest BCUT2D eigenvalue weighted by Gasteiger charge is -2.17. The highest BCUT2D eigenvalue weighted by atomic mass is 17.1. The van der Waals surface area contributed by atoms with Crippen molar-refractivity contribution < 1.29 is 24.5 Å². The van der Waals surface area contributed by atoms with E-state index in [0.717, 1.165) is 44.7 Å². The Morgan fingerprint density at radius 2 is 1.50 bits per heavy atom. The zero-order valence-electron chi connectivity index (χ0n) is 24.5. The predicted molar refractivity (Wildman–Crippen MR) is 170 cm³/mol. The first-order valence-corrected chi connectivity index (χ1v) is 13.9. The summed E-state index contributed by atoms with van der Waals surface area (Å²) in [5.74, 6) is 1.30. The van der Waals surface area contributed by atoms with Gasteiger partial charge in [0.05, 0.1) is 28.6 Å². The number of aromatic nitrogens is 2. The van der Waals surface area contributed by atoms with Gasteiger partial charge >= 0.3 is 0 Å². The second-order valence-electron chi connectivity index (χ2n) is 9.96. The van der Waals surface area contributed by atoms with E-state index in [4.69, 9.17) is 19.6 Å². The van der Waals surface area contributed by atoms with Crippen molar-refractivity contribution in [2.75, 3.05) is 6.61 Å². The lowest BCUT2D eigenvalue weighted by molar-refractivity contribution is -0.159. The Hall–Kier alpha value is -5.54. The van der Waals surface area contributed by atoms with Crippen LogP contribution in [0.5, 0.6) is 11.5 Å². The number of nitrogens with zero attached hydrogens (tertiary/aromatic N) is 4. The van der Waals surface area contributed by atoms with Crippen LogP contribution < -0.4 is 9.47 Å². The molecule has 0 amide bonds. The monoisotopic (exact) mass is 588 g/mol. The van der Waals surface area contributed by atoms with Gasteiger partial charge in [0.2, 0.25) is 0 Å². The normalized spacial score (nSPS) is 12.2. The summed E-state index contributed by atoms with van der Waals surface area (Å²) in [6.45, 7) is 8.10. The van der Waals surface area contributed by atoms with Gasteiger partial charge in [0, 0.05) is 18.7 Å². The Morgan fingerprint density at radius 3 is 2.18 bits per heavy atom. The third-order valence-electron chi connectivity index (χ3n) is 6.60. The van der Waals surface area contributed by atoms with E-state index in [1.807, 2.05) is 104 Å². The molecule has 0 aliphatic heterocycles. The molecule has 222 valence electrons. The van der Waals surface area contributed by atoms with Crippen molar-refractivity contribution in [2.45, 2.75) is 26.6 Å². The maximum Gasteiger partial charge on any atom is 0.264 e. The maximum atomic E-state index is 8.92. The summed E-state index contributed by atoms with van der Waals surface area (Å²) in [6.07, 6.45) is 2.84. The van der Waals surface area contributed by atoms with Gasteiger partial charge in [0.25, 0.3) is 5.90 Å². The highest BCUT2D eigenvalue weighted by Crippen LogP contribution is 2.30. The molecule has 0 bridgehead atoms. The van der Waals surface area contributed by atoms with Crippen LogP contribution in [0, 0.1) is 6.92 Å². The van der Waals surface area contributed by atoms with E-state index < -0.39 is 6.10 Å². The van der Waals surface area contributed by atoms with Crippen LogP contribution >= 0.6 is 0 Å². The van der Waals surface area contributed by atoms with Crippen molar-refractivity contribution in [1.29, 1.82) is 0 Å². The minimum Gasteiger partial charge on any atom is -0.489 e. The van der Waals surface area contributed by atoms with Crippen LogP contribution in [0.1, 0.15) is 35.4 Å². The zero-order valence-corrected chi connectivity index (χ0v) is 24.5. The van der Waals surface area contributed by atoms with Crippen molar-refractivity contribution >= 4 is 28.8 Å². The van der Waals surface area contributed by atoms with Crippen molar-refractivity contribution in [1.82, 2.24) is 9.97 Å². The summed E-state index contributed by atoms with van der Waals surface area (Å²) in [7, 11) is 0. The Kier molecular flexibility index (Phi) is 9.91. The second-order valence-corrected chi connectivity index (χ2v) is 9.96. The lowest BCUT2D eigenvalue weighted by Crippen LogP contribution is -2.06. The highest BCUT2D eigenvalue weighted by Gasteiger charge is 2.17. The fourth-order valence-electron chi connectivity index (χ4n) is 4.24. The molecule has 1 N–H and O–H groups in total. The fourth-order valence-corrected chi connectivity index (χ4v) is 4.24. The minimum absolute atomic E-state index is 0.0303. The van der Waals surface area contributed by atoms with Crippen LogP contribution in [0.3, 0.4) is 0 Å². The molecule has 0 spiro atoms. The molecule has 0 aliphatic rings. The van der Waals surface area contributed by atoms with Crippen molar-refractivity contribution in [3.63, 3.8) is 0 Å². The van der Waals surface area contributed by atoms with Crippen LogP contribution in [0.15, 0.2) is 126 Å². The van der Waals surface area contributed by atoms with E-state index in [1.165, 1.54) is 6.92 Å². The molecule has 9 heteroatoms. The molecule has 1 atom stereocenters. The van der Waals surface area contributed by atoms with Gasteiger partial charge in [-0.2, -0.15) is 0 Å². The predicted octanol–water partition coefficient (Wildman–Crippen LogP) is 7.78. The summed E-state index contributed by atoms with van der Waals surface area (Å²) in [6, 6.07) is 30.5. The molecule has 0 fully saturated rings. The molecule has 1 heterocycles. The van der Waals surface area contributed by atoms with Crippen LogP contribution in [-0.2, 0) is 16.3 Å². The molecular weight excluding hydrogens is 556 g/mol.